The summed E-state index contributed by atoms with van der Waals surface area (Å²) >= 11 is 6.22. The predicted molar refractivity (Wildman–Crippen MR) is 297 cm³/mol. The Kier molecular flexibility index (Phi) is 14.8. The van der Waals surface area contributed by atoms with E-state index in [1.54, 1.807) is 29.6 Å². The van der Waals surface area contributed by atoms with Crippen molar-refractivity contribution in [1.29, 1.82) is 0 Å². The molecule has 0 fully saturated rings. The number of aryl methyl sites for hydroxylation is 2. The molecule has 2 atom stereocenters. The van der Waals surface area contributed by atoms with Gasteiger partial charge in [-0.3, -0.25) is 0 Å². The van der Waals surface area contributed by atoms with Crippen LogP contribution >= 0.6 is 46.2 Å². The maximum Gasteiger partial charge on any atom is 0.234 e. The summed E-state index contributed by atoms with van der Waals surface area (Å²) in [5.74, 6) is 1.36. The SMILES string of the molecule is CC1=NN(/C(=N/c2nnc(C)s2)Nc2ccc(C(C)(C)C)cc2)C(c2cccc3ccccc23)S1.Cc1nnc(/N=C(\Nc2ccc(C(C)(C)C)cc2)N2N=C(C(C)(C)C)SC2c2ccccc2O)s1. The molecule has 9 rings (SSSR count). The molecule has 0 spiro atoms. The van der Waals surface area contributed by atoms with E-state index >= 15 is 0 Å². The van der Waals surface area contributed by atoms with Gasteiger partial charge in [0.1, 0.15) is 31.6 Å². The van der Waals surface area contributed by atoms with E-state index in [4.69, 9.17) is 20.2 Å². The molecule has 0 radical (unpaired) electrons. The lowest BCUT2D eigenvalue weighted by Crippen LogP contribution is -2.32. The Labute approximate surface area is 427 Å². The Balaban J connectivity index is 0.000000188. The number of nitrogens with zero attached hydrogens (tertiary/aromatic N) is 10. The summed E-state index contributed by atoms with van der Waals surface area (Å²) < 4.78 is 0. The van der Waals surface area contributed by atoms with Gasteiger partial charge in [0.05, 0.1) is 5.04 Å². The quantitative estimate of drug-likeness (QED) is 0.108. The van der Waals surface area contributed by atoms with Gasteiger partial charge in [0.25, 0.3) is 0 Å². The van der Waals surface area contributed by atoms with Crippen molar-refractivity contribution in [2.75, 3.05) is 10.6 Å². The number of rotatable bonds is 6. The number of nitrogens with one attached hydrogen (secondary N) is 2. The molecule has 70 heavy (non-hydrogen) atoms. The number of hydrogen-bond acceptors (Lipinski definition) is 13. The van der Waals surface area contributed by atoms with Gasteiger partial charge in [0.15, 0.2) is 0 Å². The van der Waals surface area contributed by atoms with Crippen LogP contribution in [0.2, 0.25) is 0 Å². The molecular formula is C53H60N12OS4. The highest BCUT2D eigenvalue weighted by Gasteiger charge is 2.39. The number of phenolic OH excluding ortho intramolecular Hbond substituents is 1. The Morgan fingerprint density at radius 3 is 1.50 bits per heavy atom. The van der Waals surface area contributed by atoms with Gasteiger partial charge in [-0.2, -0.15) is 20.2 Å². The van der Waals surface area contributed by atoms with Crippen molar-refractivity contribution in [1.82, 2.24) is 30.4 Å². The number of fused-ring (bicyclic) bond motifs is 1. The van der Waals surface area contributed by atoms with Gasteiger partial charge >= 0.3 is 0 Å². The number of aromatic hydroxyl groups is 1. The number of hydrazone groups is 2. The van der Waals surface area contributed by atoms with Crippen LogP contribution in [0.1, 0.15) is 112 Å². The maximum atomic E-state index is 10.7. The third kappa shape index (κ3) is 12.1. The largest absolute Gasteiger partial charge is 0.508 e. The number of thioether (sulfide) groups is 2. The monoisotopic (exact) mass is 1010 g/mol. The van der Waals surface area contributed by atoms with Crippen molar-refractivity contribution < 1.29 is 5.11 Å². The summed E-state index contributed by atoms with van der Waals surface area (Å²) in [6.45, 7) is 25.5. The van der Waals surface area contributed by atoms with Gasteiger partial charge in [0, 0.05) is 22.4 Å². The first-order valence-corrected chi connectivity index (χ1v) is 26.4. The summed E-state index contributed by atoms with van der Waals surface area (Å²) in [5.41, 5.74) is 6.31. The van der Waals surface area contributed by atoms with E-state index in [2.05, 4.69) is 172 Å². The molecule has 0 aliphatic carbocycles. The molecule has 7 aromatic rings. The number of phenols is 1. The normalized spacial score (nSPS) is 16.8. The fraction of sp³-hybridized carbons (Fsp3) is 0.321. The zero-order valence-corrected chi connectivity index (χ0v) is 44.9. The molecule has 2 aliphatic heterocycles. The molecule has 362 valence electrons. The molecule has 4 heterocycles. The Morgan fingerprint density at radius 2 is 1.00 bits per heavy atom. The smallest absolute Gasteiger partial charge is 0.234 e. The van der Waals surface area contributed by atoms with Gasteiger partial charge in [0.2, 0.25) is 22.2 Å². The number of aromatic nitrogens is 4. The van der Waals surface area contributed by atoms with Crippen molar-refractivity contribution >= 4 is 101 Å². The molecule has 0 saturated carbocycles. The molecule has 17 heteroatoms. The zero-order valence-electron chi connectivity index (χ0n) is 41.7. The van der Waals surface area contributed by atoms with Crippen molar-refractivity contribution in [3.8, 4) is 5.75 Å². The lowest BCUT2D eigenvalue weighted by Gasteiger charge is -2.26. The molecular weight excluding hydrogens is 949 g/mol. The molecule has 5 aromatic carbocycles. The fourth-order valence-corrected chi connectivity index (χ4v) is 10.9. The summed E-state index contributed by atoms with van der Waals surface area (Å²) in [5, 5.41) is 54.9. The number of anilines is 2. The Bertz CT molecular complexity index is 3080. The van der Waals surface area contributed by atoms with Crippen LogP contribution in [0.5, 0.6) is 5.75 Å². The van der Waals surface area contributed by atoms with Gasteiger partial charge in [-0.05, 0) is 89.4 Å². The molecule has 13 nitrogen and oxygen atoms in total. The minimum atomic E-state index is -0.292. The average Bonchev–Trinajstić information content (AvgIpc) is 4.13. The summed E-state index contributed by atoms with van der Waals surface area (Å²) in [7, 11) is 0. The highest BCUT2D eigenvalue weighted by molar-refractivity contribution is 8.14. The second-order valence-electron chi connectivity index (χ2n) is 20.0. The van der Waals surface area contributed by atoms with Gasteiger partial charge in [-0.1, -0.05) is 193 Å². The molecule has 3 N–H and O–H groups in total. The number of aliphatic imine (C=N–C) groups is 2. The lowest BCUT2D eigenvalue weighted by atomic mass is 9.87. The van der Waals surface area contributed by atoms with Crippen molar-refractivity contribution in [2.24, 2.45) is 25.6 Å². The van der Waals surface area contributed by atoms with Gasteiger partial charge in [-0.15, -0.1) is 20.4 Å². The van der Waals surface area contributed by atoms with E-state index in [9.17, 15) is 5.11 Å². The first-order chi connectivity index (χ1) is 33.2. The van der Waals surface area contributed by atoms with Crippen LogP contribution in [0.25, 0.3) is 10.8 Å². The number of guanidine groups is 2. The van der Waals surface area contributed by atoms with Crippen LogP contribution in [-0.2, 0) is 10.8 Å². The topological polar surface area (TPSA) is 152 Å². The van der Waals surface area contributed by atoms with Crippen LogP contribution in [0.4, 0.5) is 21.6 Å². The standard InChI is InChI=1S/C27H28N6S2.C26H32N6OS2/c1-17-30-31-26(35-17)29-25(28-21-15-13-20(14-16-21)27(3,4)5)33-24(34-18(2)32-33)23-12-8-10-19-9-6-7-11-22(19)23;1-16-29-30-24(34-16)28-23(27-18-14-12-17(13-15-18)25(2,3)4)32-21(19-10-8-9-11-20(19)33)35-22(31-32)26(5,6)7/h6-16,24H,1-5H3,(H,28,29,31);8-15,21,33H,1-7H3,(H,27,28,30). The van der Waals surface area contributed by atoms with E-state index in [1.807, 2.05) is 61.1 Å². The van der Waals surface area contributed by atoms with Crippen molar-refractivity contribution in [3.63, 3.8) is 0 Å². The third-order valence-corrected chi connectivity index (χ3v) is 15.4. The average molecular weight is 1010 g/mol. The molecule has 0 bridgehead atoms. The van der Waals surface area contributed by atoms with Crippen molar-refractivity contribution in [2.45, 2.75) is 105 Å². The molecule has 0 amide bonds. The van der Waals surface area contributed by atoms with E-state index in [-0.39, 0.29) is 32.7 Å². The van der Waals surface area contributed by atoms with Crippen LogP contribution < -0.4 is 10.6 Å². The Morgan fingerprint density at radius 1 is 0.529 bits per heavy atom. The van der Waals surface area contributed by atoms with Crippen molar-refractivity contribution in [3.05, 3.63) is 148 Å². The van der Waals surface area contributed by atoms with Crippen LogP contribution in [0, 0.1) is 19.3 Å². The second-order valence-corrected chi connectivity index (χ2v) is 24.7. The van der Waals surface area contributed by atoms with Crippen LogP contribution in [0.3, 0.4) is 0 Å². The summed E-state index contributed by atoms with van der Waals surface area (Å²) in [6.07, 6.45) is 0. The number of hydrogen-bond donors (Lipinski definition) is 3. The summed E-state index contributed by atoms with van der Waals surface area (Å²) in [6, 6.07) is 39.1. The first-order valence-electron chi connectivity index (χ1n) is 23.0. The predicted octanol–water partition coefficient (Wildman–Crippen LogP) is 14.5. The van der Waals surface area contributed by atoms with Gasteiger partial charge in [-0.25, -0.2) is 10.0 Å². The summed E-state index contributed by atoms with van der Waals surface area (Å²) in [4.78, 5) is 9.70. The van der Waals surface area contributed by atoms with Crippen LogP contribution in [-0.4, -0.2) is 57.5 Å². The van der Waals surface area contributed by atoms with E-state index < -0.39 is 0 Å². The molecule has 2 aliphatic rings. The minimum absolute atomic E-state index is 0.0600. The lowest BCUT2D eigenvalue weighted by molar-refractivity contribution is 0.408. The fourth-order valence-electron chi connectivity index (χ4n) is 7.45. The Hall–Kier alpha value is -6.14. The van der Waals surface area contributed by atoms with E-state index in [0.29, 0.717) is 22.2 Å². The van der Waals surface area contributed by atoms with Gasteiger partial charge < -0.3 is 15.7 Å². The molecule has 0 saturated heterocycles. The maximum absolute atomic E-state index is 10.7. The number of para-hydroxylation sites is 1. The van der Waals surface area contributed by atoms with E-state index in [1.165, 1.54) is 50.1 Å². The second kappa shape index (κ2) is 20.7. The van der Waals surface area contributed by atoms with Crippen LogP contribution in [0.15, 0.2) is 135 Å². The molecule has 2 aromatic heterocycles. The third-order valence-electron chi connectivity index (χ3n) is 11.2. The first kappa shape index (κ1) is 50.3. The van der Waals surface area contributed by atoms with E-state index in [0.717, 1.165) is 37.0 Å². The number of benzene rings is 5. The minimum Gasteiger partial charge on any atom is -0.508 e. The highest BCUT2D eigenvalue weighted by atomic mass is 32.2. The highest BCUT2D eigenvalue weighted by Crippen LogP contribution is 2.47. The molecule has 2 unspecified atom stereocenters. The zero-order chi connectivity index (χ0) is 50.0.